The standard InChI is InChI=1S/C14H29N/c1-11(2)10-15-13-9-7-6-8-12(13)14(3,4)5/h11-13,15H,6-10H2,1-5H3. The first-order valence-corrected chi connectivity index (χ1v) is 6.64. The van der Waals surface area contributed by atoms with Gasteiger partial charge in [0.1, 0.15) is 0 Å². The molecule has 1 N–H and O–H groups in total. The molecule has 0 aliphatic heterocycles. The lowest BCUT2D eigenvalue weighted by molar-refractivity contribution is 0.129. The van der Waals surface area contributed by atoms with E-state index in [-0.39, 0.29) is 0 Å². The highest BCUT2D eigenvalue weighted by Gasteiger charge is 2.33. The molecule has 1 nitrogen and oxygen atoms in total. The smallest absolute Gasteiger partial charge is 0.0100 e. The molecule has 1 aliphatic rings. The average molecular weight is 211 g/mol. The topological polar surface area (TPSA) is 12.0 Å². The van der Waals surface area contributed by atoms with Crippen LogP contribution in [0.1, 0.15) is 60.3 Å². The molecule has 0 aromatic heterocycles. The lowest BCUT2D eigenvalue weighted by Gasteiger charge is -2.41. The van der Waals surface area contributed by atoms with Crippen LogP contribution in [0.3, 0.4) is 0 Å². The van der Waals surface area contributed by atoms with E-state index in [0.29, 0.717) is 5.41 Å². The van der Waals surface area contributed by atoms with Crippen molar-refractivity contribution in [3.8, 4) is 0 Å². The molecule has 0 aromatic rings. The molecule has 0 spiro atoms. The molecule has 0 amide bonds. The lowest BCUT2D eigenvalue weighted by Crippen LogP contribution is -2.45. The Kier molecular flexibility index (Phi) is 4.64. The van der Waals surface area contributed by atoms with Gasteiger partial charge in [-0.1, -0.05) is 47.5 Å². The number of hydrogen-bond acceptors (Lipinski definition) is 1. The van der Waals surface area contributed by atoms with Crippen molar-refractivity contribution in [2.24, 2.45) is 17.3 Å². The molecule has 2 unspecified atom stereocenters. The van der Waals surface area contributed by atoms with Gasteiger partial charge in [-0.05, 0) is 36.6 Å². The van der Waals surface area contributed by atoms with Crippen molar-refractivity contribution in [1.29, 1.82) is 0 Å². The number of rotatable bonds is 3. The van der Waals surface area contributed by atoms with Crippen LogP contribution in [0.25, 0.3) is 0 Å². The quantitative estimate of drug-likeness (QED) is 0.748. The third-order valence-corrected chi connectivity index (χ3v) is 3.67. The molecule has 1 rings (SSSR count). The fourth-order valence-electron chi connectivity index (χ4n) is 2.80. The molecule has 90 valence electrons. The van der Waals surface area contributed by atoms with E-state index in [1.165, 1.54) is 32.2 Å². The Morgan fingerprint density at radius 3 is 2.27 bits per heavy atom. The molecule has 0 aromatic carbocycles. The molecule has 2 atom stereocenters. The van der Waals surface area contributed by atoms with E-state index in [2.05, 4.69) is 39.9 Å². The van der Waals surface area contributed by atoms with Crippen molar-refractivity contribution in [3.05, 3.63) is 0 Å². The van der Waals surface area contributed by atoms with Crippen molar-refractivity contribution in [3.63, 3.8) is 0 Å². The van der Waals surface area contributed by atoms with Gasteiger partial charge in [-0.3, -0.25) is 0 Å². The van der Waals surface area contributed by atoms with Gasteiger partial charge in [0.05, 0.1) is 0 Å². The Hall–Kier alpha value is -0.0400. The predicted octanol–water partition coefficient (Wildman–Crippen LogP) is 3.84. The third-order valence-electron chi connectivity index (χ3n) is 3.67. The molecule has 1 heteroatoms. The van der Waals surface area contributed by atoms with Gasteiger partial charge in [-0.15, -0.1) is 0 Å². The fraction of sp³-hybridized carbons (Fsp3) is 1.00. The van der Waals surface area contributed by atoms with Gasteiger partial charge < -0.3 is 5.32 Å². The minimum atomic E-state index is 0.467. The average Bonchev–Trinajstić information content (AvgIpc) is 2.13. The lowest BCUT2D eigenvalue weighted by atomic mass is 9.69. The summed E-state index contributed by atoms with van der Waals surface area (Å²) in [4.78, 5) is 0. The summed E-state index contributed by atoms with van der Waals surface area (Å²) in [6.45, 7) is 13.0. The zero-order valence-corrected chi connectivity index (χ0v) is 11.3. The Labute approximate surface area is 96.0 Å². The maximum absolute atomic E-state index is 3.78. The first-order chi connectivity index (χ1) is 6.91. The van der Waals surface area contributed by atoms with Crippen LogP contribution < -0.4 is 5.32 Å². The van der Waals surface area contributed by atoms with Gasteiger partial charge >= 0.3 is 0 Å². The molecule has 1 aliphatic carbocycles. The number of nitrogens with one attached hydrogen (secondary N) is 1. The van der Waals surface area contributed by atoms with E-state index < -0.39 is 0 Å². The van der Waals surface area contributed by atoms with Gasteiger partial charge in [0.2, 0.25) is 0 Å². The molecule has 15 heavy (non-hydrogen) atoms. The van der Waals surface area contributed by atoms with Crippen LogP contribution in [0.5, 0.6) is 0 Å². The second kappa shape index (κ2) is 5.34. The molecule has 1 saturated carbocycles. The molecule has 0 heterocycles. The summed E-state index contributed by atoms with van der Waals surface area (Å²) in [6.07, 6.45) is 5.65. The maximum Gasteiger partial charge on any atom is 0.0100 e. The second-order valence-electron chi connectivity index (χ2n) is 6.67. The summed E-state index contributed by atoms with van der Waals surface area (Å²) in [5.41, 5.74) is 0.467. The molecular weight excluding hydrogens is 182 g/mol. The van der Waals surface area contributed by atoms with Gasteiger partial charge in [0.15, 0.2) is 0 Å². The van der Waals surface area contributed by atoms with Crippen molar-refractivity contribution in [2.75, 3.05) is 6.54 Å². The number of hydrogen-bond donors (Lipinski definition) is 1. The van der Waals surface area contributed by atoms with Crippen LogP contribution in [0.2, 0.25) is 0 Å². The van der Waals surface area contributed by atoms with Crippen molar-refractivity contribution in [2.45, 2.75) is 66.3 Å². The van der Waals surface area contributed by atoms with Crippen LogP contribution >= 0.6 is 0 Å². The van der Waals surface area contributed by atoms with E-state index in [9.17, 15) is 0 Å². The Balaban J connectivity index is 2.50. The van der Waals surface area contributed by atoms with Crippen molar-refractivity contribution >= 4 is 0 Å². The molecule has 0 bridgehead atoms. The Morgan fingerprint density at radius 1 is 1.13 bits per heavy atom. The third kappa shape index (κ3) is 4.14. The second-order valence-corrected chi connectivity index (χ2v) is 6.67. The zero-order chi connectivity index (χ0) is 11.5. The van der Waals surface area contributed by atoms with Gasteiger partial charge in [0, 0.05) is 6.04 Å². The van der Waals surface area contributed by atoms with Gasteiger partial charge in [-0.25, -0.2) is 0 Å². The Morgan fingerprint density at radius 2 is 1.73 bits per heavy atom. The molecule has 1 fully saturated rings. The predicted molar refractivity (Wildman–Crippen MR) is 68.0 cm³/mol. The van der Waals surface area contributed by atoms with E-state index >= 15 is 0 Å². The molecule has 0 saturated heterocycles. The van der Waals surface area contributed by atoms with Crippen LogP contribution in [-0.2, 0) is 0 Å². The zero-order valence-electron chi connectivity index (χ0n) is 11.3. The van der Waals surface area contributed by atoms with Crippen LogP contribution in [-0.4, -0.2) is 12.6 Å². The normalized spacial score (nSPS) is 28.4. The van der Waals surface area contributed by atoms with Crippen molar-refractivity contribution in [1.82, 2.24) is 5.32 Å². The summed E-state index contributed by atoms with van der Waals surface area (Å²) in [6, 6.07) is 0.765. The van der Waals surface area contributed by atoms with Crippen molar-refractivity contribution < 1.29 is 0 Å². The fourth-order valence-corrected chi connectivity index (χ4v) is 2.80. The van der Waals surface area contributed by atoms with E-state index in [1.807, 2.05) is 0 Å². The summed E-state index contributed by atoms with van der Waals surface area (Å²) < 4.78 is 0. The summed E-state index contributed by atoms with van der Waals surface area (Å²) in [5, 5.41) is 3.78. The highest BCUT2D eigenvalue weighted by atomic mass is 14.9. The largest absolute Gasteiger partial charge is 0.313 e. The van der Waals surface area contributed by atoms with Crippen LogP contribution in [0.15, 0.2) is 0 Å². The SMILES string of the molecule is CC(C)CNC1CCCCC1C(C)(C)C. The summed E-state index contributed by atoms with van der Waals surface area (Å²) in [5.74, 6) is 1.64. The van der Waals surface area contributed by atoms with E-state index in [1.54, 1.807) is 0 Å². The Bertz CT molecular complexity index is 178. The van der Waals surface area contributed by atoms with Gasteiger partial charge in [0.25, 0.3) is 0 Å². The summed E-state index contributed by atoms with van der Waals surface area (Å²) in [7, 11) is 0. The minimum Gasteiger partial charge on any atom is -0.313 e. The maximum atomic E-state index is 3.78. The monoisotopic (exact) mass is 211 g/mol. The van der Waals surface area contributed by atoms with E-state index in [4.69, 9.17) is 0 Å². The highest BCUT2D eigenvalue weighted by Crippen LogP contribution is 2.37. The van der Waals surface area contributed by atoms with Crippen LogP contribution in [0, 0.1) is 17.3 Å². The van der Waals surface area contributed by atoms with Crippen LogP contribution in [0.4, 0.5) is 0 Å². The minimum absolute atomic E-state index is 0.467. The van der Waals surface area contributed by atoms with E-state index in [0.717, 1.165) is 17.9 Å². The molecular formula is C14H29N. The van der Waals surface area contributed by atoms with Gasteiger partial charge in [-0.2, -0.15) is 0 Å². The highest BCUT2D eigenvalue weighted by molar-refractivity contribution is 4.88. The molecule has 0 radical (unpaired) electrons. The summed E-state index contributed by atoms with van der Waals surface area (Å²) >= 11 is 0. The first kappa shape index (κ1) is 13.0. The first-order valence-electron chi connectivity index (χ1n) is 6.64.